The summed E-state index contributed by atoms with van der Waals surface area (Å²) >= 11 is 0. The Balaban J connectivity index is 1.89. The third kappa shape index (κ3) is 6.55. The molecule has 0 bridgehead atoms. The quantitative estimate of drug-likeness (QED) is 0.380. The zero-order valence-electron chi connectivity index (χ0n) is 15.5. The number of esters is 1. The first-order chi connectivity index (χ1) is 12.6. The molecule has 2 rings (SSSR count). The highest BCUT2D eigenvalue weighted by Gasteiger charge is 2.02. The summed E-state index contributed by atoms with van der Waals surface area (Å²) in [7, 11) is 1.64. The van der Waals surface area contributed by atoms with E-state index in [0.717, 1.165) is 29.0 Å². The average Bonchev–Trinajstić information content (AvgIpc) is 2.70. The van der Waals surface area contributed by atoms with Crippen LogP contribution in [-0.2, 0) is 9.53 Å². The van der Waals surface area contributed by atoms with E-state index >= 15 is 0 Å². The zero-order chi connectivity index (χ0) is 18.8. The molecule has 0 N–H and O–H groups in total. The van der Waals surface area contributed by atoms with Gasteiger partial charge in [0.05, 0.1) is 19.4 Å². The Morgan fingerprint density at radius 3 is 2.35 bits per heavy atom. The monoisotopic (exact) mass is 351 g/mol. The van der Waals surface area contributed by atoms with Crippen molar-refractivity contribution in [3.05, 3.63) is 65.7 Å². The molecule has 0 aliphatic heterocycles. The van der Waals surface area contributed by atoms with Gasteiger partial charge in [-0.05, 0) is 59.5 Å². The normalized spacial score (nSPS) is 12.4. The van der Waals surface area contributed by atoms with Gasteiger partial charge in [-0.1, -0.05) is 32.4 Å². The first kappa shape index (κ1) is 19.4. The Morgan fingerprint density at radius 1 is 1.08 bits per heavy atom. The number of rotatable bonds is 8. The summed E-state index contributed by atoms with van der Waals surface area (Å²) in [6, 6.07) is 15.3. The van der Waals surface area contributed by atoms with Crippen molar-refractivity contribution in [2.45, 2.75) is 20.3 Å². The molecule has 0 heterocycles. The van der Waals surface area contributed by atoms with E-state index in [9.17, 15) is 4.79 Å². The molecule has 1 atom stereocenters. The molecule has 0 aliphatic carbocycles. The highest BCUT2D eigenvalue weighted by Crippen LogP contribution is 2.15. The van der Waals surface area contributed by atoms with Gasteiger partial charge >= 0.3 is 5.97 Å². The summed E-state index contributed by atoms with van der Waals surface area (Å²) in [5.41, 5.74) is 2.77. The summed E-state index contributed by atoms with van der Waals surface area (Å²) in [4.78, 5) is 16.1. The maximum absolute atomic E-state index is 11.7. The number of ether oxygens (including phenoxy) is 2. The van der Waals surface area contributed by atoms with Gasteiger partial charge in [0.25, 0.3) is 0 Å². The Morgan fingerprint density at radius 2 is 1.73 bits per heavy atom. The first-order valence-electron chi connectivity index (χ1n) is 8.73. The lowest BCUT2D eigenvalue weighted by Crippen LogP contribution is -2.08. The van der Waals surface area contributed by atoms with Gasteiger partial charge in [-0.25, -0.2) is 4.79 Å². The van der Waals surface area contributed by atoms with Gasteiger partial charge in [-0.2, -0.15) is 0 Å². The van der Waals surface area contributed by atoms with Crippen molar-refractivity contribution in [3.63, 3.8) is 0 Å². The standard InChI is InChI=1S/C22H25NO3/c1-4-17(2)16-26-22(24)14-9-18-5-10-20(11-6-18)23-15-19-7-12-21(25-3)13-8-19/h5-15,17H,4,16H2,1-3H3/b14-9+,23-15?/t17-/m1/s1. The minimum atomic E-state index is -0.313. The van der Waals surface area contributed by atoms with Gasteiger partial charge in [-0.15, -0.1) is 0 Å². The number of hydrogen-bond acceptors (Lipinski definition) is 4. The maximum Gasteiger partial charge on any atom is 0.330 e. The van der Waals surface area contributed by atoms with E-state index in [2.05, 4.69) is 18.8 Å². The van der Waals surface area contributed by atoms with Crippen molar-refractivity contribution in [2.75, 3.05) is 13.7 Å². The molecule has 2 aromatic rings. The molecular weight excluding hydrogens is 326 g/mol. The van der Waals surface area contributed by atoms with Gasteiger partial charge in [0.2, 0.25) is 0 Å². The number of hydrogen-bond donors (Lipinski definition) is 0. The minimum absolute atomic E-state index is 0.313. The summed E-state index contributed by atoms with van der Waals surface area (Å²) in [6.45, 7) is 4.59. The predicted octanol–water partition coefficient (Wildman–Crippen LogP) is 5.05. The van der Waals surface area contributed by atoms with Crippen LogP contribution in [0.5, 0.6) is 5.75 Å². The van der Waals surface area contributed by atoms with Crippen molar-refractivity contribution < 1.29 is 14.3 Å². The van der Waals surface area contributed by atoms with E-state index in [1.54, 1.807) is 19.4 Å². The van der Waals surface area contributed by atoms with Crippen molar-refractivity contribution in [3.8, 4) is 5.75 Å². The van der Waals surface area contributed by atoms with Crippen LogP contribution in [0.4, 0.5) is 5.69 Å². The molecule has 0 amide bonds. The second-order valence-electron chi connectivity index (χ2n) is 6.10. The van der Waals surface area contributed by atoms with Crippen LogP contribution in [0.2, 0.25) is 0 Å². The van der Waals surface area contributed by atoms with E-state index in [-0.39, 0.29) is 5.97 Å². The third-order valence-corrected chi connectivity index (χ3v) is 3.99. The molecule has 0 unspecified atom stereocenters. The topological polar surface area (TPSA) is 47.9 Å². The molecule has 0 saturated heterocycles. The van der Waals surface area contributed by atoms with Crippen LogP contribution in [0.25, 0.3) is 6.08 Å². The van der Waals surface area contributed by atoms with Crippen LogP contribution in [-0.4, -0.2) is 25.9 Å². The van der Waals surface area contributed by atoms with Gasteiger partial charge in [0, 0.05) is 12.3 Å². The first-order valence-corrected chi connectivity index (χ1v) is 8.73. The lowest BCUT2D eigenvalue weighted by molar-refractivity contribution is -0.138. The second kappa shape index (κ2) is 10.2. The number of benzene rings is 2. The summed E-state index contributed by atoms with van der Waals surface area (Å²) in [5, 5.41) is 0. The molecule has 0 aliphatic rings. The predicted molar refractivity (Wildman–Crippen MR) is 106 cm³/mol. The van der Waals surface area contributed by atoms with Crippen LogP contribution < -0.4 is 4.74 Å². The molecule has 4 nitrogen and oxygen atoms in total. The van der Waals surface area contributed by atoms with Crippen LogP contribution in [0.3, 0.4) is 0 Å². The summed E-state index contributed by atoms with van der Waals surface area (Å²) < 4.78 is 10.3. The Labute approximate surface area is 155 Å². The Hall–Kier alpha value is -2.88. The Kier molecular flexibility index (Phi) is 7.62. The average molecular weight is 351 g/mol. The molecule has 0 spiro atoms. The van der Waals surface area contributed by atoms with E-state index in [0.29, 0.717) is 12.5 Å². The van der Waals surface area contributed by atoms with Crippen LogP contribution in [0, 0.1) is 5.92 Å². The molecule has 2 aromatic carbocycles. The molecule has 4 heteroatoms. The molecular formula is C22H25NO3. The van der Waals surface area contributed by atoms with E-state index < -0.39 is 0 Å². The van der Waals surface area contributed by atoms with E-state index in [1.807, 2.05) is 48.5 Å². The molecule has 0 aromatic heterocycles. The summed E-state index contributed by atoms with van der Waals surface area (Å²) in [6.07, 6.45) is 6.00. The fourth-order valence-corrected chi connectivity index (χ4v) is 2.07. The highest BCUT2D eigenvalue weighted by molar-refractivity contribution is 5.87. The number of methoxy groups -OCH3 is 1. The van der Waals surface area contributed by atoms with Crippen molar-refractivity contribution in [2.24, 2.45) is 10.9 Å². The van der Waals surface area contributed by atoms with Crippen molar-refractivity contribution >= 4 is 23.9 Å². The molecule has 0 fully saturated rings. The molecule has 136 valence electrons. The van der Waals surface area contributed by atoms with Crippen LogP contribution >= 0.6 is 0 Å². The number of carbonyl (C=O) groups is 1. The van der Waals surface area contributed by atoms with Crippen LogP contribution in [0.1, 0.15) is 31.4 Å². The zero-order valence-corrected chi connectivity index (χ0v) is 15.5. The minimum Gasteiger partial charge on any atom is -0.497 e. The van der Waals surface area contributed by atoms with Gasteiger partial charge < -0.3 is 9.47 Å². The maximum atomic E-state index is 11.7. The van der Waals surface area contributed by atoms with Gasteiger partial charge in [-0.3, -0.25) is 4.99 Å². The fourth-order valence-electron chi connectivity index (χ4n) is 2.07. The van der Waals surface area contributed by atoms with Crippen molar-refractivity contribution in [1.29, 1.82) is 0 Å². The lowest BCUT2D eigenvalue weighted by atomic mass is 10.1. The van der Waals surface area contributed by atoms with Crippen molar-refractivity contribution in [1.82, 2.24) is 0 Å². The number of aliphatic imine (C=N–C) groups is 1. The fraction of sp³-hybridized carbons (Fsp3) is 0.273. The molecule has 0 saturated carbocycles. The summed E-state index contributed by atoms with van der Waals surface area (Å²) in [5.74, 6) is 0.892. The van der Waals surface area contributed by atoms with Gasteiger partial charge in [0.15, 0.2) is 0 Å². The molecule has 0 radical (unpaired) electrons. The van der Waals surface area contributed by atoms with E-state index in [1.165, 1.54) is 6.08 Å². The van der Waals surface area contributed by atoms with Crippen LogP contribution in [0.15, 0.2) is 59.6 Å². The smallest absolute Gasteiger partial charge is 0.330 e. The third-order valence-electron chi connectivity index (χ3n) is 3.99. The lowest BCUT2D eigenvalue weighted by Gasteiger charge is -2.07. The SMILES string of the molecule is CC[C@@H](C)COC(=O)/C=C/c1ccc(N=Cc2ccc(OC)cc2)cc1. The van der Waals surface area contributed by atoms with E-state index in [4.69, 9.17) is 9.47 Å². The highest BCUT2D eigenvalue weighted by atomic mass is 16.5. The Bertz CT molecular complexity index is 746. The number of nitrogens with zero attached hydrogens (tertiary/aromatic N) is 1. The second-order valence-corrected chi connectivity index (χ2v) is 6.10. The number of carbonyl (C=O) groups excluding carboxylic acids is 1. The molecule has 26 heavy (non-hydrogen) atoms. The largest absolute Gasteiger partial charge is 0.497 e. The van der Waals surface area contributed by atoms with Gasteiger partial charge in [0.1, 0.15) is 5.75 Å².